The van der Waals surface area contributed by atoms with Crippen molar-refractivity contribution in [2.75, 3.05) is 7.11 Å². The van der Waals surface area contributed by atoms with E-state index in [9.17, 15) is 0 Å². The topological polar surface area (TPSA) is 35.8 Å². The molecule has 1 rings (SSSR count). The van der Waals surface area contributed by atoms with Crippen LogP contribution in [-0.2, 0) is 0 Å². The Labute approximate surface area is 48.8 Å². The van der Waals surface area contributed by atoms with Crippen molar-refractivity contribution in [2.24, 2.45) is 0 Å². The fourth-order valence-electron chi connectivity index (χ4n) is 0.313. The molecule has 1 aromatic heterocycles. The Bertz CT molecular complexity index is 80.5. The van der Waals surface area contributed by atoms with Crippen molar-refractivity contribution < 1.29 is 5.11 Å². The lowest BCUT2D eigenvalue weighted by Crippen LogP contribution is -1.58. The molecular weight excluding hydrogens is 102 g/mol. The van der Waals surface area contributed by atoms with Crippen molar-refractivity contribution in [3.63, 3.8) is 0 Å². The molecule has 2 nitrogen and oxygen atoms in total. The van der Waals surface area contributed by atoms with Crippen molar-refractivity contribution in [1.82, 2.24) is 4.98 Å². The Balaban J connectivity index is 0.000000222. The predicted molar refractivity (Wildman–Crippen MR) is 33.8 cm³/mol. The Morgan fingerprint density at radius 3 is 1.62 bits per heavy atom. The van der Waals surface area contributed by atoms with Crippen molar-refractivity contribution in [3.05, 3.63) is 30.6 Å². The van der Waals surface area contributed by atoms with Gasteiger partial charge in [0.15, 0.2) is 0 Å². The van der Waals surface area contributed by atoms with E-state index in [1.165, 1.54) is 7.11 Å². The SMILES string of the molecule is C[OH2+].c1ccncc1. The molecule has 0 fully saturated rings. The van der Waals surface area contributed by atoms with Crippen molar-refractivity contribution in [1.29, 1.82) is 0 Å². The van der Waals surface area contributed by atoms with Gasteiger partial charge in [0.2, 0.25) is 0 Å². The number of nitrogens with zero attached hydrogens (tertiary/aromatic N) is 1. The molecule has 1 aromatic rings. The zero-order valence-corrected chi connectivity index (χ0v) is 4.83. The maximum Gasteiger partial charge on any atom is 0.133 e. The van der Waals surface area contributed by atoms with E-state index in [2.05, 4.69) is 4.98 Å². The monoisotopic (exact) mass is 112 g/mol. The zero-order chi connectivity index (χ0) is 6.24. The van der Waals surface area contributed by atoms with Gasteiger partial charge in [0, 0.05) is 12.4 Å². The maximum absolute atomic E-state index is 5.75. The van der Waals surface area contributed by atoms with Crippen LogP contribution < -0.4 is 0 Å². The van der Waals surface area contributed by atoms with E-state index >= 15 is 0 Å². The molecule has 0 unspecified atom stereocenters. The zero-order valence-electron chi connectivity index (χ0n) is 4.83. The Hall–Kier alpha value is -0.890. The van der Waals surface area contributed by atoms with Crippen LogP contribution in [0.3, 0.4) is 0 Å². The molecule has 0 aliphatic carbocycles. The van der Waals surface area contributed by atoms with E-state index < -0.39 is 0 Å². The van der Waals surface area contributed by atoms with Gasteiger partial charge in [0.1, 0.15) is 7.11 Å². The minimum atomic E-state index is 1.25. The molecule has 0 bridgehead atoms. The Kier molecular flexibility index (Phi) is 5.43. The van der Waals surface area contributed by atoms with Gasteiger partial charge < -0.3 is 5.11 Å². The fourth-order valence-corrected chi connectivity index (χ4v) is 0.313. The summed E-state index contributed by atoms with van der Waals surface area (Å²) in [6.07, 6.45) is 3.50. The molecule has 0 aliphatic rings. The highest BCUT2D eigenvalue weighted by atomic mass is 16.2. The largest absolute Gasteiger partial charge is 0.448 e. The molecule has 0 radical (unpaired) electrons. The first kappa shape index (κ1) is 7.11. The normalized spacial score (nSPS) is 6.75. The maximum atomic E-state index is 5.75. The summed E-state index contributed by atoms with van der Waals surface area (Å²) in [5.74, 6) is 0. The average Bonchev–Trinajstić information content (AvgIpc) is 1.96. The fraction of sp³-hybridized carbons (Fsp3) is 0.167. The van der Waals surface area contributed by atoms with Gasteiger partial charge in [-0.05, 0) is 12.1 Å². The van der Waals surface area contributed by atoms with Crippen LogP contribution in [0.15, 0.2) is 30.6 Å². The second kappa shape index (κ2) is 6.11. The molecule has 44 valence electrons. The van der Waals surface area contributed by atoms with Crippen LogP contribution in [0.4, 0.5) is 0 Å². The molecule has 2 heteroatoms. The highest BCUT2D eigenvalue weighted by molar-refractivity contribution is 4.88. The molecule has 0 amide bonds. The lowest BCUT2D eigenvalue weighted by atomic mass is 10.5. The summed E-state index contributed by atoms with van der Waals surface area (Å²) in [6, 6.07) is 5.72. The van der Waals surface area contributed by atoms with Gasteiger partial charge in [0.05, 0.1) is 0 Å². The van der Waals surface area contributed by atoms with E-state index in [0.29, 0.717) is 0 Å². The van der Waals surface area contributed by atoms with Gasteiger partial charge in [0.25, 0.3) is 0 Å². The van der Waals surface area contributed by atoms with Crippen molar-refractivity contribution in [2.45, 2.75) is 0 Å². The van der Waals surface area contributed by atoms with Crippen LogP contribution in [0.1, 0.15) is 0 Å². The van der Waals surface area contributed by atoms with Crippen LogP contribution in [0.5, 0.6) is 0 Å². The van der Waals surface area contributed by atoms with Crippen LogP contribution in [0, 0.1) is 0 Å². The Morgan fingerprint density at radius 1 is 1.00 bits per heavy atom. The lowest BCUT2D eigenvalue weighted by Gasteiger charge is -1.70. The smallest absolute Gasteiger partial charge is 0.133 e. The number of pyridine rings is 1. The first-order chi connectivity index (χ1) is 4.00. The quantitative estimate of drug-likeness (QED) is 0.448. The van der Waals surface area contributed by atoms with E-state index in [1.807, 2.05) is 18.2 Å². The number of aromatic nitrogens is 1. The highest BCUT2D eigenvalue weighted by Gasteiger charge is 1.58. The summed E-state index contributed by atoms with van der Waals surface area (Å²) in [6.45, 7) is 0. The first-order valence-corrected chi connectivity index (χ1v) is 2.35. The van der Waals surface area contributed by atoms with Gasteiger partial charge in [-0.2, -0.15) is 0 Å². The van der Waals surface area contributed by atoms with Gasteiger partial charge in [-0.3, -0.25) is 4.98 Å². The van der Waals surface area contributed by atoms with Gasteiger partial charge in [-0.1, -0.05) is 6.07 Å². The van der Waals surface area contributed by atoms with Gasteiger partial charge in [-0.15, -0.1) is 0 Å². The van der Waals surface area contributed by atoms with Crippen molar-refractivity contribution in [3.8, 4) is 0 Å². The second-order valence-electron chi connectivity index (χ2n) is 1.02. The molecule has 0 spiro atoms. The summed E-state index contributed by atoms with van der Waals surface area (Å²) in [5.41, 5.74) is 0. The molecule has 0 aromatic carbocycles. The summed E-state index contributed by atoms with van der Waals surface area (Å²) in [4.78, 5) is 3.78. The summed E-state index contributed by atoms with van der Waals surface area (Å²) >= 11 is 0. The van der Waals surface area contributed by atoms with Crippen molar-refractivity contribution >= 4 is 0 Å². The van der Waals surface area contributed by atoms with E-state index in [4.69, 9.17) is 5.11 Å². The third kappa shape index (κ3) is 3.31. The standard InChI is InChI=1S/C5H5N.CH4O/c1-2-4-6-5-3-1;1-2/h1-5H;2H,1H3/p+1. The van der Waals surface area contributed by atoms with Gasteiger partial charge in [-0.25, -0.2) is 0 Å². The molecule has 0 atom stereocenters. The predicted octanol–water partition coefficient (Wildman–Crippen LogP) is 0.422. The van der Waals surface area contributed by atoms with Gasteiger partial charge >= 0.3 is 0 Å². The first-order valence-electron chi connectivity index (χ1n) is 2.35. The molecular formula is C6H10NO+. The molecule has 2 N–H and O–H groups in total. The molecule has 0 aliphatic heterocycles. The van der Waals surface area contributed by atoms with E-state index in [-0.39, 0.29) is 0 Å². The molecule has 0 saturated carbocycles. The van der Waals surface area contributed by atoms with E-state index in [0.717, 1.165) is 0 Å². The highest BCUT2D eigenvalue weighted by Crippen LogP contribution is 1.73. The Morgan fingerprint density at radius 2 is 1.50 bits per heavy atom. The molecule has 8 heavy (non-hydrogen) atoms. The third-order valence-electron chi connectivity index (χ3n) is 0.566. The lowest BCUT2D eigenvalue weighted by molar-refractivity contribution is 0.399. The average molecular weight is 112 g/mol. The third-order valence-corrected chi connectivity index (χ3v) is 0.566. The van der Waals surface area contributed by atoms with Crippen LogP contribution >= 0.6 is 0 Å². The number of hydrogen-bond donors (Lipinski definition) is 0. The van der Waals surface area contributed by atoms with Crippen LogP contribution in [0.25, 0.3) is 0 Å². The van der Waals surface area contributed by atoms with Crippen LogP contribution in [0.2, 0.25) is 0 Å². The number of rotatable bonds is 0. The van der Waals surface area contributed by atoms with E-state index in [1.54, 1.807) is 12.4 Å². The summed E-state index contributed by atoms with van der Waals surface area (Å²) in [7, 11) is 1.25. The summed E-state index contributed by atoms with van der Waals surface area (Å²) < 4.78 is 0. The van der Waals surface area contributed by atoms with Crippen LogP contribution in [-0.4, -0.2) is 17.2 Å². The minimum absolute atomic E-state index is 1.25. The second-order valence-corrected chi connectivity index (χ2v) is 1.02. The number of hydrogen-bond acceptors (Lipinski definition) is 1. The summed E-state index contributed by atoms with van der Waals surface area (Å²) in [5, 5.41) is 5.75. The molecule has 0 saturated heterocycles. The minimum Gasteiger partial charge on any atom is -0.448 e. The molecule has 1 heterocycles.